The molecule has 0 saturated heterocycles. The maximum absolute atomic E-state index is 11.6. The molecule has 0 bridgehead atoms. The van der Waals surface area contributed by atoms with Gasteiger partial charge in [-0.25, -0.2) is 4.79 Å². The zero-order valence-corrected chi connectivity index (χ0v) is 12.8. The van der Waals surface area contributed by atoms with Crippen LogP contribution in [0.4, 0.5) is 0 Å². The van der Waals surface area contributed by atoms with Crippen LogP contribution in [0.25, 0.3) is 0 Å². The molecular weight excluding hydrogens is 252 g/mol. The van der Waals surface area contributed by atoms with Crippen LogP contribution in [-0.4, -0.2) is 23.3 Å². The van der Waals surface area contributed by atoms with Crippen molar-refractivity contribution in [3.63, 3.8) is 0 Å². The van der Waals surface area contributed by atoms with Crippen LogP contribution in [0.1, 0.15) is 58.8 Å². The lowest BCUT2D eigenvalue weighted by atomic mass is 9.97. The second kappa shape index (κ2) is 9.76. The van der Waals surface area contributed by atoms with E-state index < -0.39 is 6.10 Å². The molecule has 0 amide bonds. The molecule has 0 unspecified atom stereocenters. The molecule has 3 heteroatoms. The van der Waals surface area contributed by atoms with Crippen molar-refractivity contribution < 1.29 is 14.6 Å². The molecule has 0 aliphatic carbocycles. The number of carbonyl (C=O) groups excluding carboxylic acids is 1. The second-order valence-electron chi connectivity index (χ2n) is 5.84. The third-order valence-corrected chi connectivity index (χ3v) is 3.70. The Balaban J connectivity index is 2.52. The fourth-order valence-corrected chi connectivity index (χ4v) is 2.32. The van der Waals surface area contributed by atoms with E-state index in [9.17, 15) is 9.90 Å². The number of carbonyl (C=O) groups is 1. The van der Waals surface area contributed by atoms with Crippen LogP contribution in [0.2, 0.25) is 0 Å². The molecule has 1 rings (SSSR count). The number of cyclic esters (lactones) is 1. The molecule has 3 nitrogen and oxygen atoms in total. The summed E-state index contributed by atoms with van der Waals surface area (Å²) in [6.07, 6.45) is 13.7. The van der Waals surface area contributed by atoms with Gasteiger partial charge in [-0.1, -0.05) is 19.1 Å². The highest BCUT2D eigenvalue weighted by Crippen LogP contribution is 2.16. The first-order chi connectivity index (χ1) is 9.58. The molecule has 0 spiro atoms. The molecule has 0 radical (unpaired) electrons. The minimum absolute atomic E-state index is 0.0642. The van der Waals surface area contributed by atoms with Crippen molar-refractivity contribution in [2.45, 2.75) is 71.0 Å². The van der Waals surface area contributed by atoms with E-state index in [-0.39, 0.29) is 12.1 Å². The Hall–Kier alpha value is -1.09. The van der Waals surface area contributed by atoms with E-state index in [0.29, 0.717) is 12.3 Å². The van der Waals surface area contributed by atoms with E-state index in [1.54, 1.807) is 6.08 Å². The molecule has 3 atom stereocenters. The smallest absolute Gasteiger partial charge is 0.330 e. The Bertz CT molecular complexity index is 333. The molecular formula is C17H28O3. The van der Waals surface area contributed by atoms with E-state index >= 15 is 0 Å². The Morgan fingerprint density at radius 3 is 2.65 bits per heavy atom. The van der Waals surface area contributed by atoms with Gasteiger partial charge in [0.15, 0.2) is 0 Å². The topological polar surface area (TPSA) is 46.5 Å². The number of aliphatic hydroxyl groups excluding tert-OH is 1. The summed E-state index contributed by atoms with van der Waals surface area (Å²) in [6.45, 7) is 4.13. The zero-order valence-electron chi connectivity index (χ0n) is 12.8. The lowest BCUT2D eigenvalue weighted by Gasteiger charge is -2.13. The van der Waals surface area contributed by atoms with Crippen molar-refractivity contribution >= 4 is 5.97 Å². The fraction of sp³-hybridized carbons (Fsp3) is 0.706. The summed E-state index contributed by atoms with van der Waals surface area (Å²) in [4.78, 5) is 11.6. The zero-order chi connectivity index (χ0) is 14.8. The second-order valence-corrected chi connectivity index (χ2v) is 5.84. The highest BCUT2D eigenvalue weighted by Gasteiger charge is 2.09. The molecule has 0 aromatic heterocycles. The van der Waals surface area contributed by atoms with Gasteiger partial charge in [-0.3, -0.25) is 0 Å². The Morgan fingerprint density at radius 1 is 1.10 bits per heavy atom. The third-order valence-electron chi connectivity index (χ3n) is 3.70. The summed E-state index contributed by atoms with van der Waals surface area (Å²) >= 11 is 0. The molecule has 20 heavy (non-hydrogen) atoms. The van der Waals surface area contributed by atoms with Gasteiger partial charge in [0, 0.05) is 6.08 Å². The number of ether oxygens (including phenoxy) is 1. The van der Waals surface area contributed by atoms with Gasteiger partial charge in [-0.05, 0) is 63.9 Å². The number of rotatable bonds is 0. The Kier molecular flexibility index (Phi) is 8.28. The molecule has 1 aliphatic rings. The van der Waals surface area contributed by atoms with Crippen LogP contribution in [0, 0.1) is 5.92 Å². The van der Waals surface area contributed by atoms with E-state index in [1.165, 1.54) is 6.08 Å². The number of hydrogen-bond donors (Lipinski definition) is 1. The van der Waals surface area contributed by atoms with Gasteiger partial charge in [-0.15, -0.1) is 0 Å². The average molecular weight is 280 g/mol. The average Bonchev–Trinajstić information content (AvgIpc) is 2.40. The van der Waals surface area contributed by atoms with Crippen LogP contribution < -0.4 is 0 Å². The van der Waals surface area contributed by atoms with Gasteiger partial charge in [-0.2, -0.15) is 0 Å². The van der Waals surface area contributed by atoms with Gasteiger partial charge in [0.1, 0.15) is 0 Å². The van der Waals surface area contributed by atoms with Gasteiger partial charge in [0.05, 0.1) is 12.2 Å². The van der Waals surface area contributed by atoms with Crippen LogP contribution in [0.3, 0.4) is 0 Å². The Morgan fingerprint density at radius 2 is 1.85 bits per heavy atom. The summed E-state index contributed by atoms with van der Waals surface area (Å²) < 4.78 is 5.26. The maximum atomic E-state index is 11.6. The summed E-state index contributed by atoms with van der Waals surface area (Å²) in [5, 5.41) is 9.81. The number of allylic oxidation sites excluding steroid dienone is 2. The maximum Gasteiger partial charge on any atom is 0.330 e. The molecule has 1 heterocycles. The van der Waals surface area contributed by atoms with Crippen molar-refractivity contribution in [3.8, 4) is 0 Å². The van der Waals surface area contributed by atoms with Gasteiger partial charge in [0.25, 0.3) is 0 Å². The van der Waals surface area contributed by atoms with Crippen molar-refractivity contribution in [3.05, 3.63) is 24.3 Å². The Labute approximate surface area is 122 Å². The van der Waals surface area contributed by atoms with Gasteiger partial charge < -0.3 is 9.84 Å². The lowest BCUT2D eigenvalue weighted by Crippen LogP contribution is -2.14. The van der Waals surface area contributed by atoms with Crippen LogP contribution in [0.15, 0.2) is 24.3 Å². The summed E-state index contributed by atoms with van der Waals surface area (Å²) in [5.41, 5.74) is 0. The first kappa shape index (κ1) is 17.0. The molecule has 0 aromatic rings. The number of aliphatic hydroxyl groups is 1. The fourth-order valence-electron chi connectivity index (χ4n) is 2.32. The van der Waals surface area contributed by atoms with Crippen LogP contribution >= 0.6 is 0 Å². The van der Waals surface area contributed by atoms with Crippen molar-refractivity contribution in [1.29, 1.82) is 0 Å². The van der Waals surface area contributed by atoms with Crippen LogP contribution in [0.5, 0.6) is 0 Å². The predicted molar refractivity (Wildman–Crippen MR) is 81.3 cm³/mol. The molecule has 114 valence electrons. The molecule has 0 aromatic carbocycles. The largest absolute Gasteiger partial charge is 0.460 e. The monoisotopic (exact) mass is 280 g/mol. The first-order valence-electron chi connectivity index (χ1n) is 7.80. The molecule has 1 N–H and O–H groups in total. The minimum Gasteiger partial charge on any atom is -0.460 e. The lowest BCUT2D eigenvalue weighted by molar-refractivity contribution is -0.142. The summed E-state index contributed by atoms with van der Waals surface area (Å²) in [6, 6.07) is 0. The summed E-state index contributed by atoms with van der Waals surface area (Å²) in [5.74, 6) is 0.245. The predicted octanol–water partition coefficient (Wildman–Crippen LogP) is 3.77. The van der Waals surface area contributed by atoms with Crippen LogP contribution in [-0.2, 0) is 9.53 Å². The normalized spacial score (nSPS) is 34.1. The van der Waals surface area contributed by atoms with E-state index in [2.05, 4.69) is 19.1 Å². The summed E-state index contributed by atoms with van der Waals surface area (Å²) in [7, 11) is 0. The van der Waals surface area contributed by atoms with E-state index in [4.69, 9.17) is 4.74 Å². The van der Waals surface area contributed by atoms with Crippen molar-refractivity contribution in [2.75, 3.05) is 0 Å². The molecule has 0 fully saturated rings. The highest BCUT2D eigenvalue weighted by atomic mass is 16.5. The number of esters is 1. The highest BCUT2D eigenvalue weighted by molar-refractivity contribution is 5.82. The van der Waals surface area contributed by atoms with Crippen molar-refractivity contribution in [2.24, 2.45) is 5.92 Å². The van der Waals surface area contributed by atoms with E-state index in [1.807, 2.05) is 6.92 Å². The minimum atomic E-state index is -0.552. The van der Waals surface area contributed by atoms with Gasteiger partial charge >= 0.3 is 5.97 Å². The van der Waals surface area contributed by atoms with Gasteiger partial charge in [0.2, 0.25) is 0 Å². The standard InChI is InChI=1S/C17H28O3/c1-14-8-6-4-3-5-7-9-15(2)20-17(19)13-12-16(18)11-10-14/h3-4,12-16,18H,5-11H2,1-2H3/b4-3+,13-12+/t14-,15-,16-/m1/s1. The quantitative estimate of drug-likeness (QED) is 0.542. The van der Waals surface area contributed by atoms with Crippen molar-refractivity contribution in [1.82, 2.24) is 0 Å². The molecule has 1 aliphatic heterocycles. The third kappa shape index (κ3) is 8.16. The molecule has 0 saturated carbocycles. The number of hydrogen-bond acceptors (Lipinski definition) is 3. The van der Waals surface area contributed by atoms with E-state index in [0.717, 1.165) is 38.5 Å². The SMILES string of the molecule is C[C@@H]1CC/C=C/CCC[C@@H](C)OC(=O)/C=C/[C@H](O)CC1. The first-order valence-corrected chi connectivity index (χ1v) is 7.80.